The van der Waals surface area contributed by atoms with Gasteiger partial charge in [0.05, 0.1) is 6.61 Å². The van der Waals surface area contributed by atoms with Crippen LogP contribution in [-0.4, -0.2) is 24.0 Å². The normalized spacial score (nSPS) is 10.4. The van der Waals surface area contributed by atoms with Crippen molar-refractivity contribution in [3.63, 3.8) is 0 Å². The number of carbonyl (C=O) groups excluding carboxylic acids is 1. The second-order valence-electron chi connectivity index (χ2n) is 4.42. The number of halogens is 1. The van der Waals surface area contributed by atoms with Crippen molar-refractivity contribution in [2.75, 3.05) is 24.3 Å². The van der Waals surface area contributed by atoms with Crippen LogP contribution in [0.3, 0.4) is 0 Å². The summed E-state index contributed by atoms with van der Waals surface area (Å²) >= 11 is 4.72. The van der Waals surface area contributed by atoms with E-state index in [9.17, 15) is 4.79 Å². The van der Waals surface area contributed by atoms with E-state index in [-0.39, 0.29) is 5.82 Å². The van der Waals surface area contributed by atoms with Gasteiger partial charge in [-0.15, -0.1) is 0 Å². The molecule has 1 aromatic heterocycles. The first-order valence-corrected chi connectivity index (χ1v) is 7.98. The Morgan fingerprint density at radius 2 is 2.19 bits per heavy atom. The van der Waals surface area contributed by atoms with Gasteiger partial charge in [0.25, 0.3) is 0 Å². The Balaban J connectivity index is 2.26. The largest absolute Gasteiger partial charge is 0.462 e. The molecule has 0 aliphatic heterocycles. The van der Waals surface area contributed by atoms with Gasteiger partial charge in [-0.2, -0.15) is 4.37 Å². The second-order valence-corrected chi connectivity index (χ2v) is 6.02. The number of hydrogen-bond donors (Lipinski definition) is 1. The molecule has 0 bridgehead atoms. The van der Waals surface area contributed by atoms with Crippen LogP contribution in [0.1, 0.15) is 22.8 Å². The number of nitrogen functional groups attached to an aromatic ring is 1. The Labute approximate surface area is 136 Å². The van der Waals surface area contributed by atoms with Gasteiger partial charge in [0.15, 0.2) is 5.82 Å². The molecule has 112 valence electrons. The fraction of sp³-hybridized carbons (Fsp3) is 0.286. The van der Waals surface area contributed by atoms with E-state index in [2.05, 4.69) is 20.3 Å². The van der Waals surface area contributed by atoms with Gasteiger partial charge in [-0.05, 0) is 30.1 Å². The Morgan fingerprint density at radius 1 is 1.48 bits per heavy atom. The maximum Gasteiger partial charge on any atom is 0.345 e. The molecule has 2 aromatic rings. The van der Waals surface area contributed by atoms with Crippen LogP contribution >= 0.6 is 27.5 Å². The third kappa shape index (κ3) is 3.54. The molecule has 2 N–H and O–H groups in total. The fourth-order valence-electron chi connectivity index (χ4n) is 1.90. The zero-order valence-electron chi connectivity index (χ0n) is 11.8. The molecule has 1 heterocycles. The van der Waals surface area contributed by atoms with E-state index in [0.717, 1.165) is 10.0 Å². The minimum atomic E-state index is -0.433. The highest BCUT2D eigenvalue weighted by Gasteiger charge is 2.23. The highest BCUT2D eigenvalue weighted by molar-refractivity contribution is 9.10. The summed E-state index contributed by atoms with van der Waals surface area (Å²) in [7, 11) is 1.90. The fourth-order valence-corrected chi connectivity index (χ4v) is 3.07. The summed E-state index contributed by atoms with van der Waals surface area (Å²) < 4.78 is 10.1. The molecule has 5 nitrogen and oxygen atoms in total. The van der Waals surface area contributed by atoms with Crippen molar-refractivity contribution < 1.29 is 9.53 Å². The van der Waals surface area contributed by atoms with Gasteiger partial charge in [-0.25, -0.2) is 4.79 Å². The standard InChI is InChI=1S/C14H16BrN3O2S/c1-3-20-14(19)11-12(16)17-21-13(11)18(2)8-9-6-4-5-7-10(9)15/h4-7H,3,8H2,1-2H3,(H2,16,17). The van der Waals surface area contributed by atoms with Crippen molar-refractivity contribution in [3.05, 3.63) is 39.9 Å². The molecular formula is C14H16BrN3O2S. The van der Waals surface area contributed by atoms with Crippen LogP contribution in [0.15, 0.2) is 28.7 Å². The van der Waals surface area contributed by atoms with E-state index in [4.69, 9.17) is 10.5 Å². The summed E-state index contributed by atoms with van der Waals surface area (Å²) in [5, 5.41) is 0.710. The molecule has 7 heteroatoms. The van der Waals surface area contributed by atoms with Crippen molar-refractivity contribution in [1.29, 1.82) is 0 Å². The lowest BCUT2D eigenvalue weighted by molar-refractivity contribution is 0.0528. The number of nitrogens with two attached hydrogens (primary N) is 1. The number of benzene rings is 1. The van der Waals surface area contributed by atoms with E-state index in [1.54, 1.807) is 6.92 Å². The molecule has 0 saturated carbocycles. The van der Waals surface area contributed by atoms with Crippen LogP contribution in [0.2, 0.25) is 0 Å². The lowest BCUT2D eigenvalue weighted by atomic mass is 10.2. The number of aromatic nitrogens is 1. The van der Waals surface area contributed by atoms with Gasteiger partial charge in [-0.3, -0.25) is 0 Å². The summed E-state index contributed by atoms with van der Waals surface area (Å²) in [4.78, 5) is 13.9. The monoisotopic (exact) mass is 369 g/mol. The van der Waals surface area contributed by atoms with Crippen LogP contribution in [0.5, 0.6) is 0 Å². The number of carbonyl (C=O) groups is 1. The van der Waals surface area contributed by atoms with Gasteiger partial charge in [0.2, 0.25) is 0 Å². The molecule has 1 aromatic carbocycles. The molecule has 0 fully saturated rings. The molecule has 0 radical (unpaired) electrons. The molecule has 0 atom stereocenters. The van der Waals surface area contributed by atoms with E-state index in [1.807, 2.05) is 36.2 Å². The molecule has 0 spiro atoms. The van der Waals surface area contributed by atoms with Gasteiger partial charge < -0.3 is 15.4 Å². The van der Waals surface area contributed by atoms with Gasteiger partial charge in [-0.1, -0.05) is 34.1 Å². The van der Waals surface area contributed by atoms with Crippen molar-refractivity contribution >= 4 is 44.3 Å². The highest BCUT2D eigenvalue weighted by atomic mass is 79.9. The van der Waals surface area contributed by atoms with Crippen LogP contribution in [0, 0.1) is 0 Å². The van der Waals surface area contributed by atoms with Crippen LogP contribution in [0.25, 0.3) is 0 Å². The van der Waals surface area contributed by atoms with Crippen LogP contribution in [-0.2, 0) is 11.3 Å². The molecule has 0 saturated heterocycles. The quantitative estimate of drug-likeness (QED) is 0.818. The summed E-state index contributed by atoms with van der Waals surface area (Å²) in [5.74, 6) is -0.217. The first-order chi connectivity index (χ1) is 10.0. The first-order valence-electron chi connectivity index (χ1n) is 6.41. The van der Waals surface area contributed by atoms with Crippen LogP contribution < -0.4 is 10.6 Å². The number of anilines is 2. The zero-order chi connectivity index (χ0) is 15.4. The Morgan fingerprint density at radius 3 is 2.86 bits per heavy atom. The molecule has 0 unspecified atom stereocenters. The summed E-state index contributed by atoms with van der Waals surface area (Å²) in [6.07, 6.45) is 0. The SMILES string of the molecule is CCOC(=O)c1c(N)nsc1N(C)Cc1ccccc1Br. The van der Waals surface area contributed by atoms with Crippen molar-refractivity contribution in [3.8, 4) is 0 Å². The Hall–Kier alpha value is -1.60. The number of rotatable bonds is 5. The van der Waals surface area contributed by atoms with E-state index < -0.39 is 5.97 Å². The van der Waals surface area contributed by atoms with E-state index >= 15 is 0 Å². The average molecular weight is 370 g/mol. The summed E-state index contributed by atoms with van der Waals surface area (Å²) in [5.41, 5.74) is 7.25. The van der Waals surface area contributed by atoms with E-state index in [0.29, 0.717) is 23.7 Å². The number of nitrogens with zero attached hydrogens (tertiary/aromatic N) is 2. The van der Waals surface area contributed by atoms with Gasteiger partial charge in [0.1, 0.15) is 10.6 Å². The topological polar surface area (TPSA) is 68.5 Å². The predicted octanol–water partition coefficient (Wildman–Crippen LogP) is 3.30. The smallest absolute Gasteiger partial charge is 0.345 e. The lowest BCUT2D eigenvalue weighted by Crippen LogP contribution is -2.19. The van der Waals surface area contributed by atoms with Crippen molar-refractivity contribution in [2.24, 2.45) is 0 Å². The number of esters is 1. The van der Waals surface area contributed by atoms with Crippen molar-refractivity contribution in [1.82, 2.24) is 4.37 Å². The maximum absolute atomic E-state index is 12.0. The molecule has 21 heavy (non-hydrogen) atoms. The third-order valence-corrected chi connectivity index (χ3v) is 4.64. The maximum atomic E-state index is 12.0. The third-order valence-electron chi connectivity index (χ3n) is 2.89. The van der Waals surface area contributed by atoms with Crippen molar-refractivity contribution in [2.45, 2.75) is 13.5 Å². The summed E-state index contributed by atoms with van der Waals surface area (Å²) in [6.45, 7) is 2.70. The molecule has 0 aliphatic carbocycles. The average Bonchev–Trinajstić information content (AvgIpc) is 2.83. The molecule has 2 rings (SSSR count). The molecule has 0 amide bonds. The Bertz CT molecular complexity index is 645. The van der Waals surface area contributed by atoms with Gasteiger partial charge in [0, 0.05) is 18.1 Å². The second kappa shape index (κ2) is 6.91. The minimum Gasteiger partial charge on any atom is -0.462 e. The minimum absolute atomic E-state index is 0.215. The first kappa shape index (κ1) is 15.8. The van der Waals surface area contributed by atoms with Crippen LogP contribution in [0.4, 0.5) is 10.8 Å². The molecular weight excluding hydrogens is 354 g/mol. The lowest BCUT2D eigenvalue weighted by Gasteiger charge is -2.19. The zero-order valence-corrected chi connectivity index (χ0v) is 14.2. The highest BCUT2D eigenvalue weighted by Crippen LogP contribution is 2.32. The van der Waals surface area contributed by atoms with Gasteiger partial charge >= 0.3 is 5.97 Å². The predicted molar refractivity (Wildman–Crippen MR) is 88.7 cm³/mol. The molecule has 0 aliphatic rings. The summed E-state index contributed by atoms with van der Waals surface area (Å²) in [6, 6.07) is 7.94. The van der Waals surface area contributed by atoms with E-state index in [1.165, 1.54) is 11.5 Å². The Kier molecular flexibility index (Phi) is 5.19. The number of hydrogen-bond acceptors (Lipinski definition) is 6. The number of ether oxygens (including phenoxy) is 1.